The van der Waals surface area contributed by atoms with Gasteiger partial charge in [0.1, 0.15) is 0 Å². The number of nitrogens with one attached hydrogen (secondary N) is 1. The zero-order chi connectivity index (χ0) is 10.4. The van der Waals surface area contributed by atoms with Gasteiger partial charge in [0.05, 0.1) is 0 Å². The molecule has 0 atom stereocenters. The zero-order valence-electron chi connectivity index (χ0n) is 8.88. The highest BCUT2D eigenvalue weighted by molar-refractivity contribution is 5.57. The predicted molar refractivity (Wildman–Crippen MR) is 63.5 cm³/mol. The van der Waals surface area contributed by atoms with Crippen molar-refractivity contribution in [2.75, 3.05) is 17.6 Å². The average molecular weight is 190 g/mol. The van der Waals surface area contributed by atoms with E-state index in [1.807, 2.05) is 25.1 Å². The highest BCUT2D eigenvalue weighted by Crippen LogP contribution is 2.17. The molecule has 14 heavy (non-hydrogen) atoms. The summed E-state index contributed by atoms with van der Waals surface area (Å²) in [7, 11) is 0. The number of hydrogen-bond acceptors (Lipinski definition) is 2. The fourth-order valence-electron chi connectivity index (χ4n) is 1.34. The number of allylic oxidation sites excluding steroid dienone is 1. The van der Waals surface area contributed by atoms with Crippen LogP contribution < -0.4 is 11.1 Å². The highest BCUT2D eigenvalue weighted by Gasteiger charge is 1.96. The molecule has 3 N–H and O–H groups in total. The van der Waals surface area contributed by atoms with Crippen molar-refractivity contribution in [1.29, 1.82) is 0 Å². The maximum Gasteiger partial charge on any atom is 0.0371 e. The van der Waals surface area contributed by atoms with E-state index in [2.05, 4.69) is 24.4 Å². The van der Waals surface area contributed by atoms with Crippen LogP contribution in [0.3, 0.4) is 0 Å². The SMILES string of the molecule is C/C=C/CCNc1ccc(N)cc1C. The van der Waals surface area contributed by atoms with Crippen molar-refractivity contribution >= 4 is 11.4 Å². The van der Waals surface area contributed by atoms with E-state index in [9.17, 15) is 0 Å². The first-order chi connectivity index (χ1) is 6.74. The summed E-state index contributed by atoms with van der Waals surface area (Å²) in [5.41, 5.74) is 8.86. The number of nitrogens with two attached hydrogens (primary N) is 1. The lowest BCUT2D eigenvalue weighted by molar-refractivity contribution is 1.06. The molecular formula is C12H18N2. The smallest absolute Gasteiger partial charge is 0.0371 e. The summed E-state index contributed by atoms with van der Waals surface area (Å²) in [6.07, 6.45) is 5.28. The fraction of sp³-hybridized carbons (Fsp3) is 0.333. The molecule has 0 saturated carbocycles. The highest BCUT2D eigenvalue weighted by atomic mass is 14.9. The molecule has 2 heteroatoms. The minimum atomic E-state index is 0.821. The molecule has 0 spiro atoms. The van der Waals surface area contributed by atoms with Crippen LogP contribution in [0.15, 0.2) is 30.4 Å². The van der Waals surface area contributed by atoms with Crippen LogP contribution in [0, 0.1) is 6.92 Å². The van der Waals surface area contributed by atoms with Crippen LogP contribution in [0.2, 0.25) is 0 Å². The van der Waals surface area contributed by atoms with Crippen molar-refractivity contribution in [3.8, 4) is 0 Å². The van der Waals surface area contributed by atoms with Crippen LogP contribution in [0.4, 0.5) is 11.4 Å². The summed E-state index contributed by atoms with van der Waals surface area (Å²) in [5, 5.41) is 3.37. The Bertz CT molecular complexity index is 316. The van der Waals surface area contributed by atoms with Crippen LogP contribution in [0.25, 0.3) is 0 Å². The molecule has 0 aromatic heterocycles. The van der Waals surface area contributed by atoms with Crippen molar-refractivity contribution in [2.45, 2.75) is 20.3 Å². The van der Waals surface area contributed by atoms with Crippen molar-refractivity contribution in [2.24, 2.45) is 0 Å². The third kappa shape index (κ3) is 3.13. The molecule has 0 bridgehead atoms. The van der Waals surface area contributed by atoms with Crippen LogP contribution in [-0.4, -0.2) is 6.54 Å². The Balaban J connectivity index is 2.50. The standard InChI is InChI=1S/C12H18N2/c1-3-4-5-8-14-12-7-6-11(13)9-10(12)2/h3-4,6-7,9,14H,5,8,13H2,1-2H3/b4-3+. The van der Waals surface area contributed by atoms with E-state index in [0.29, 0.717) is 0 Å². The Morgan fingerprint density at radius 1 is 1.43 bits per heavy atom. The van der Waals surface area contributed by atoms with Gasteiger partial charge in [-0.1, -0.05) is 12.2 Å². The molecule has 0 heterocycles. The molecule has 2 nitrogen and oxygen atoms in total. The molecule has 76 valence electrons. The van der Waals surface area contributed by atoms with Gasteiger partial charge in [0.15, 0.2) is 0 Å². The van der Waals surface area contributed by atoms with E-state index >= 15 is 0 Å². The van der Waals surface area contributed by atoms with Gasteiger partial charge in [-0.3, -0.25) is 0 Å². The summed E-state index contributed by atoms with van der Waals surface area (Å²) in [6.45, 7) is 5.07. The Morgan fingerprint density at radius 2 is 2.21 bits per heavy atom. The lowest BCUT2D eigenvalue weighted by Gasteiger charge is -2.08. The van der Waals surface area contributed by atoms with Gasteiger partial charge in [-0.15, -0.1) is 0 Å². The van der Waals surface area contributed by atoms with E-state index in [0.717, 1.165) is 18.7 Å². The Labute approximate surface area is 85.8 Å². The first-order valence-electron chi connectivity index (χ1n) is 4.95. The van der Waals surface area contributed by atoms with Crippen molar-refractivity contribution < 1.29 is 0 Å². The van der Waals surface area contributed by atoms with Gasteiger partial charge in [-0.25, -0.2) is 0 Å². The molecule has 1 rings (SSSR count). The van der Waals surface area contributed by atoms with E-state index in [1.54, 1.807) is 0 Å². The maximum absolute atomic E-state index is 5.66. The second kappa shape index (κ2) is 5.32. The van der Waals surface area contributed by atoms with Gasteiger partial charge in [-0.2, -0.15) is 0 Å². The number of benzene rings is 1. The molecule has 0 unspecified atom stereocenters. The molecule has 1 aromatic rings. The summed E-state index contributed by atoms with van der Waals surface area (Å²) in [4.78, 5) is 0. The average Bonchev–Trinajstić information content (AvgIpc) is 2.15. The predicted octanol–water partition coefficient (Wildman–Crippen LogP) is 2.96. The number of hydrogen-bond donors (Lipinski definition) is 2. The van der Waals surface area contributed by atoms with Gasteiger partial charge in [0, 0.05) is 17.9 Å². The minimum absolute atomic E-state index is 0.821. The molecule has 0 aliphatic rings. The normalized spacial score (nSPS) is 10.7. The van der Waals surface area contributed by atoms with Gasteiger partial charge >= 0.3 is 0 Å². The molecule has 0 aliphatic heterocycles. The van der Waals surface area contributed by atoms with Crippen molar-refractivity contribution in [3.63, 3.8) is 0 Å². The second-order valence-electron chi connectivity index (χ2n) is 3.36. The van der Waals surface area contributed by atoms with Crippen LogP contribution >= 0.6 is 0 Å². The first kappa shape index (κ1) is 10.6. The van der Waals surface area contributed by atoms with Crippen molar-refractivity contribution in [3.05, 3.63) is 35.9 Å². The maximum atomic E-state index is 5.66. The van der Waals surface area contributed by atoms with E-state index < -0.39 is 0 Å². The Kier molecular flexibility index (Phi) is 4.05. The molecule has 0 radical (unpaired) electrons. The van der Waals surface area contributed by atoms with E-state index in [1.165, 1.54) is 11.3 Å². The third-order valence-corrected chi connectivity index (χ3v) is 2.11. The van der Waals surface area contributed by atoms with Crippen LogP contribution in [-0.2, 0) is 0 Å². The topological polar surface area (TPSA) is 38.0 Å². The number of nitrogen functional groups attached to an aromatic ring is 1. The Hall–Kier alpha value is -1.44. The first-order valence-corrected chi connectivity index (χ1v) is 4.95. The molecule has 0 saturated heterocycles. The largest absolute Gasteiger partial charge is 0.399 e. The summed E-state index contributed by atoms with van der Waals surface area (Å²) in [6, 6.07) is 5.93. The summed E-state index contributed by atoms with van der Waals surface area (Å²) >= 11 is 0. The minimum Gasteiger partial charge on any atom is -0.399 e. The fourth-order valence-corrected chi connectivity index (χ4v) is 1.34. The zero-order valence-corrected chi connectivity index (χ0v) is 8.88. The van der Waals surface area contributed by atoms with Crippen LogP contribution in [0.5, 0.6) is 0 Å². The molecule has 1 aromatic carbocycles. The second-order valence-corrected chi connectivity index (χ2v) is 3.36. The van der Waals surface area contributed by atoms with Gasteiger partial charge < -0.3 is 11.1 Å². The molecule has 0 amide bonds. The summed E-state index contributed by atoms with van der Waals surface area (Å²) < 4.78 is 0. The molecule has 0 fully saturated rings. The summed E-state index contributed by atoms with van der Waals surface area (Å²) in [5.74, 6) is 0. The lowest BCUT2D eigenvalue weighted by Crippen LogP contribution is -2.02. The van der Waals surface area contributed by atoms with Gasteiger partial charge in [0.25, 0.3) is 0 Å². The van der Waals surface area contributed by atoms with Crippen LogP contribution in [0.1, 0.15) is 18.9 Å². The quantitative estimate of drug-likeness (QED) is 0.435. The third-order valence-electron chi connectivity index (χ3n) is 2.11. The van der Waals surface area contributed by atoms with Gasteiger partial charge in [-0.05, 0) is 44.0 Å². The van der Waals surface area contributed by atoms with E-state index in [4.69, 9.17) is 5.73 Å². The number of rotatable bonds is 4. The van der Waals surface area contributed by atoms with Gasteiger partial charge in [0.2, 0.25) is 0 Å². The lowest BCUT2D eigenvalue weighted by atomic mass is 10.2. The van der Waals surface area contributed by atoms with E-state index in [-0.39, 0.29) is 0 Å². The number of aryl methyl sites for hydroxylation is 1. The molecule has 0 aliphatic carbocycles. The monoisotopic (exact) mass is 190 g/mol. The van der Waals surface area contributed by atoms with Crippen molar-refractivity contribution in [1.82, 2.24) is 0 Å². The molecular weight excluding hydrogens is 172 g/mol. The number of anilines is 2. The Morgan fingerprint density at radius 3 is 2.86 bits per heavy atom.